The number of carbonyl (C=O) groups excluding carboxylic acids is 2. The summed E-state index contributed by atoms with van der Waals surface area (Å²) in [5.74, 6) is -0.387. The van der Waals surface area contributed by atoms with Crippen LogP contribution in [0.25, 0.3) is 10.8 Å². The summed E-state index contributed by atoms with van der Waals surface area (Å²) in [4.78, 5) is 27.0. The van der Waals surface area contributed by atoms with Crippen LogP contribution in [0.15, 0.2) is 30.3 Å². The summed E-state index contributed by atoms with van der Waals surface area (Å²) in [6.07, 6.45) is 4.15. The first-order valence-corrected chi connectivity index (χ1v) is 9.74. The summed E-state index contributed by atoms with van der Waals surface area (Å²) in [5.41, 5.74) is 14.2. The Labute approximate surface area is 160 Å². The zero-order valence-electron chi connectivity index (χ0n) is 15.9. The van der Waals surface area contributed by atoms with Gasteiger partial charge in [0.25, 0.3) is 5.91 Å². The predicted molar refractivity (Wildman–Crippen MR) is 108 cm³/mol. The van der Waals surface area contributed by atoms with Crippen LogP contribution in [0.5, 0.6) is 0 Å². The monoisotopic (exact) mass is 368 g/mol. The van der Waals surface area contributed by atoms with Gasteiger partial charge in [-0.2, -0.15) is 0 Å². The molecular weight excluding hydrogens is 340 g/mol. The fourth-order valence-corrected chi connectivity index (χ4v) is 3.49. The Bertz CT molecular complexity index is 834. The number of fused-ring (bicyclic) bond motifs is 3. The summed E-state index contributed by atoms with van der Waals surface area (Å²) in [5, 5.41) is 1.80. The first-order chi connectivity index (χ1) is 13.1. The van der Waals surface area contributed by atoms with Gasteiger partial charge in [-0.25, -0.2) is 0 Å². The molecule has 0 aliphatic carbocycles. The van der Waals surface area contributed by atoms with Gasteiger partial charge in [-0.3, -0.25) is 25.3 Å². The molecule has 2 aromatic carbocycles. The van der Waals surface area contributed by atoms with Crippen LogP contribution in [0.4, 0.5) is 5.69 Å². The van der Waals surface area contributed by atoms with Gasteiger partial charge in [0.1, 0.15) is 0 Å². The van der Waals surface area contributed by atoms with Crippen LogP contribution in [-0.4, -0.2) is 36.3 Å². The second-order valence-corrected chi connectivity index (χ2v) is 6.98. The first kappa shape index (κ1) is 19.3. The highest BCUT2D eigenvalue weighted by atomic mass is 16.2. The van der Waals surface area contributed by atoms with Gasteiger partial charge in [0.05, 0.1) is 12.0 Å². The minimum Gasteiger partial charge on any atom is -0.398 e. The minimum atomic E-state index is -0.223. The van der Waals surface area contributed by atoms with Crippen LogP contribution >= 0.6 is 0 Å². The maximum absolute atomic E-state index is 13.1. The number of hydrogen-bond acceptors (Lipinski definition) is 5. The average molecular weight is 368 g/mol. The van der Waals surface area contributed by atoms with Crippen LogP contribution < -0.4 is 16.6 Å². The third-order valence-electron chi connectivity index (χ3n) is 4.99. The van der Waals surface area contributed by atoms with Crippen molar-refractivity contribution in [2.24, 2.45) is 0 Å². The van der Waals surface area contributed by atoms with E-state index in [1.54, 1.807) is 0 Å². The number of anilines is 1. The largest absolute Gasteiger partial charge is 0.398 e. The highest BCUT2D eigenvalue weighted by Gasteiger charge is 2.33. The molecule has 0 fully saturated rings. The molecule has 0 atom stereocenters. The zero-order valence-corrected chi connectivity index (χ0v) is 15.9. The lowest BCUT2D eigenvalue weighted by Gasteiger charge is -2.28. The Kier molecular flexibility index (Phi) is 6.42. The number of hydrazine groups is 1. The van der Waals surface area contributed by atoms with Crippen molar-refractivity contribution in [2.75, 3.05) is 25.4 Å². The summed E-state index contributed by atoms with van der Waals surface area (Å²) in [6, 6.07) is 9.54. The number of nitrogens with two attached hydrogens (primary N) is 1. The molecule has 6 nitrogen and oxygen atoms in total. The molecule has 0 bridgehead atoms. The lowest BCUT2D eigenvalue weighted by molar-refractivity contribution is -0.128. The van der Waals surface area contributed by atoms with Gasteiger partial charge < -0.3 is 5.73 Å². The van der Waals surface area contributed by atoms with Crippen molar-refractivity contribution in [3.63, 3.8) is 0 Å². The predicted octanol–water partition coefficient (Wildman–Crippen LogP) is 2.62. The lowest BCUT2D eigenvalue weighted by Crippen LogP contribution is -2.43. The van der Waals surface area contributed by atoms with Crippen molar-refractivity contribution < 1.29 is 9.59 Å². The highest BCUT2D eigenvalue weighted by molar-refractivity contribution is 6.18. The molecule has 3 rings (SSSR count). The van der Waals surface area contributed by atoms with Crippen LogP contribution in [0, 0.1) is 0 Å². The smallest absolute Gasteiger partial charge is 0.261 e. The van der Waals surface area contributed by atoms with E-state index in [0.29, 0.717) is 23.4 Å². The van der Waals surface area contributed by atoms with Crippen LogP contribution in [0.3, 0.4) is 0 Å². The molecule has 27 heavy (non-hydrogen) atoms. The SMILES string of the molecule is CCCCNNCCCCN1C(=O)Cc2c(N)cc3ccccc3c2C1=O. The number of hydrogen-bond donors (Lipinski definition) is 3. The molecule has 1 heterocycles. The van der Waals surface area contributed by atoms with Crippen molar-refractivity contribution >= 4 is 28.3 Å². The van der Waals surface area contributed by atoms with Crippen molar-refractivity contribution in [1.29, 1.82) is 0 Å². The van der Waals surface area contributed by atoms with Crippen molar-refractivity contribution in [1.82, 2.24) is 15.8 Å². The van der Waals surface area contributed by atoms with E-state index >= 15 is 0 Å². The molecule has 0 saturated heterocycles. The van der Waals surface area contributed by atoms with Crippen LogP contribution in [0.2, 0.25) is 0 Å². The average Bonchev–Trinajstić information content (AvgIpc) is 2.66. The molecule has 1 aliphatic rings. The summed E-state index contributed by atoms with van der Waals surface area (Å²) in [7, 11) is 0. The van der Waals surface area contributed by atoms with Crippen LogP contribution in [-0.2, 0) is 11.2 Å². The second kappa shape index (κ2) is 8.97. The quantitative estimate of drug-likeness (QED) is 0.274. The number of imide groups is 1. The number of benzene rings is 2. The third-order valence-corrected chi connectivity index (χ3v) is 4.99. The van der Waals surface area contributed by atoms with Gasteiger partial charge in [0, 0.05) is 25.3 Å². The van der Waals surface area contributed by atoms with Gasteiger partial charge in [-0.05, 0) is 41.7 Å². The molecule has 0 spiro atoms. The molecule has 1 aliphatic heterocycles. The van der Waals surface area contributed by atoms with Gasteiger partial charge in [-0.1, -0.05) is 37.6 Å². The number of nitrogens with zero attached hydrogens (tertiary/aromatic N) is 1. The van der Waals surface area contributed by atoms with Gasteiger partial charge in [0.2, 0.25) is 5.91 Å². The van der Waals surface area contributed by atoms with E-state index in [4.69, 9.17) is 5.73 Å². The number of nitrogens with one attached hydrogen (secondary N) is 2. The Hall–Kier alpha value is -2.44. The van der Waals surface area contributed by atoms with E-state index in [1.807, 2.05) is 30.3 Å². The van der Waals surface area contributed by atoms with E-state index in [0.717, 1.165) is 49.5 Å². The minimum absolute atomic E-state index is 0.163. The maximum atomic E-state index is 13.1. The molecule has 0 saturated carbocycles. The van der Waals surface area contributed by atoms with Crippen molar-refractivity contribution in [3.8, 4) is 0 Å². The van der Waals surface area contributed by atoms with Crippen LogP contribution in [0.1, 0.15) is 48.5 Å². The number of nitrogen functional groups attached to an aromatic ring is 1. The summed E-state index contributed by atoms with van der Waals surface area (Å²) < 4.78 is 0. The normalized spacial score (nSPS) is 14.0. The van der Waals surface area contributed by atoms with Crippen molar-refractivity contribution in [3.05, 3.63) is 41.5 Å². The highest BCUT2D eigenvalue weighted by Crippen LogP contribution is 2.32. The molecule has 2 amide bonds. The Morgan fingerprint density at radius 2 is 1.81 bits per heavy atom. The standard InChI is InChI=1S/C21H28N4O2/c1-2-3-10-23-24-11-6-7-12-25-19(26)14-17-18(22)13-15-8-4-5-9-16(15)20(17)21(25)27/h4-5,8-9,13,23-24H,2-3,6-7,10-12,14,22H2,1H3. The van der Waals surface area contributed by atoms with E-state index < -0.39 is 0 Å². The third kappa shape index (κ3) is 4.28. The van der Waals surface area contributed by atoms with E-state index in [-0.39, 0.29) is 18.2 Å². The number of rotatable bonds is 9. The second-order valence-electron chi connectivity index (χ2n) is 6.98. The summed E-state index contributed by atoms with van der Waals surface area (Å²) in [6.45, 7) is 4.36. The fraction of sp³-hybridized carbons (Fsp3) is 0.429. The van der Waals surface area contributed by atoms with Crippen molar-refractivity contribution in [2.45, 2.75) is 39.0 Å². The summed E-state index contributed by atoms with van der Waals surface area (Å²) >= 11 is 0. The van der Waals surface area contributed by atoms with E-state index in [1.165, 1.54) is 4.90 Å². The number of carbonyl (C=O) groups is 2. The zero-order chi connectivity index (χ0) is 19.2. The van der Waals surface area contributed by atoms with Gasteiger partial charge in [0.15, 0.2) is 0 Å². The molecule has 6 heteroatoms. The molecule has 0 unspecified atom stereocenters. The Balaban J connectivity index is 1.65. The van der Waals surface area contributed by atoms with E-state index in [9.17, 15) is 9.59 Å². The fourth-order valence-electron chi connectivity index (χ4n) is 3.49. The lowest BCUT2D eigenvalue weighted by atomic mass is 9.91. The first-order valence-electron chi connectivity index (χ1n) is 9.74. The topological polar surface area (TPSA) is 87.5 Å². The molecule has 0 aromatic heterocycles. The molecule has 4 N–H and O–H groups in total. The molecule has 0 radical (unpaired) electrons. The Morgan fingerprint density at radius 3 is 2.59 bits per heavy atom. The van der Waals surface area contributed by atoms with Gasteiger partial charge >= 0.3 is 0 Å². The maximum Gasteiger partial charge on any atom is 0.261 e. The number of amides is 2. The van der Waals surface area contributed by atoms with Gasteiger partial charge in [-0.15, -0.1) is 0 Å². The number of unbranched alkanes of at least 4 members (excludes halogenated alkanes) is 2. The molecule has 144 valence electrons. The molecular formula is C21H28N4O2. The Morgan fingerprint density at radius 1 is 1.07 bits per heavy atom. The van der Waals surface area contributed by atoms with E-state index in [2.05, 4.69) is 17.8 Å². The molecule has 2 aromatic rings.